The Morgan fingerprint density at radius 1 is 1.32 bits per heavy atom. The zero-order valence-electron chi connectivity index (χ0n) is 11.5. The maximum Gasteiger partial charge on any atom is 0.127 e. The monoisotopic (exact) mass is 268 g/mol. The molecule has 0 saturated carbocycles. The van der Waals surface area contributed by atoms with E-state index in [-0.39, 0.29) is 11.6 Å². The summed E-state index contributed by atoms with van der Waals surface area (Å²) in [7, 11) is 1.95. The molecule has 1 aromatic rings. The summed E-state index contributed by atoms with van der Waals surface area (Å²) in [6.07, 6.45) is 4.84. The molecule has 1 aromatic carbocycles. The van der Waals surface area contributed by atoms with Crippen molar-refractivity contribution >= 4 is 0 Å². The second-order valence-electron chi connectivity index (χ2n) is 5.41. The number of hydrogen-bond acceptors (Lipinski definition) is 2. The van der Waals surface area contributed by atoms with Crippen LogP contribution in [0.25, 0.3) is 0 Å². The van der Waals surface area contributed by atoms with Gasteiger partial charge in [-0.3, -0.25) is 0 Å². The highest BCUT2D eigenvalue weighted by Crippen LogP contribution is 2.14. The Balaban J connectivity index is 1.80. The number of benzene rings is 1. The second-order valence-corrected chi connectivity index (χ2v) is 5.41. The minimum atomic E-state index is -0.376. The molecule has 0 aliphatic carbocycles. The van der Waals surface area contributed by atoms with Gasteiger partial charge in [-0.2, -0.15) is 0 Å². The topological polar surface area (TPSA) is 15.3 Å². The quantitative estimate of drug-likeness (QED) is 0.883. The van der Waals surface area contributed by atoms with Gasteiger partial charge in [-0.25, -0.2) is 8.78 Å². The highest BCUT2D eigenvalue weighted by atomic mass is 19.1. The van der Waals surface area contributed by atoms with E-state index in [4.69, 9.17) is 0 Å². The average molecular weight is 268 g/mol. The summed E-state index contributed by atoms with van der Waals surface area (Å²) >= 11 is 0. The van der Waals surface area contributed by atoms with Crippen molar-refractivity contribution in [3.8, 4) is 0 Å². The van der Waals surface area contributed by atoms with E-state index in [0.29, 0.717) is 18.2 Å². The van der Waals surface area contributed by atoms with E-state index in [1.807, 2.05) is 11.9 Å². The van der Waals surface area contributed by atoms with Crippen molar-refractivity contribution in [2.45, 2.75) is 38.3 Å². The van der Waals surface area contributed by atoms with Crippen molar-refractivity contribution in [2.24, 2.45) is 0 Å². The lowest BCUT2D eigenvalue weighted by atomic mass is 10.0. The number of nitrogens with zero attached hydrogens (tertiary/aromatic N) is 1. The van der Waals surface area contributed by atoms with Crippen LogP contribution in [0.15, 0.2) is 18.2 Å². The smallest absolute Gasteiger partial charge is 0.127 e. The first kappa shape index (κ1) is 14.4. The molecule has 1 atom stereocenters. The number of nitrogens with one attached hydrogen (secondary N) is 1. The van der Waals surface area contributed by atoms with Gasteiger partial charge in [-0.1, -0.05) is 6.42 Å². The third-order valence-corrected chi connectivity index (χ3v) is 3.72. The summed E-state index contributed by atoms with van der Waals surface area (Å²) in [4.78, 5) is 2.05. The molecule has 1 N–H and O–H groups in total. The van der Waals surface area contributed by atoms with Crippen LogP contribution in [-0.4, -0.2) is 31.1 Å². The summed E-state index contributed by atoms with van der Waals surface area (Å²) in [5, 5.41) is 3.50. The lowest BCUT2D eigenvalue weighted by Crippen LogP contribution is -2.36. The van der Waals surface area contributed by atoms with Gasteiger partial charge < -0.3 is 10.2 Å². The number of halogens is 2. The molecule has 19 heavy (non-hydrogen) atoms. The van der Waals surface area contributed by atoms with Crippen LogP contribution in [0.4, 0.5) is 8.78 Å². The first-order valence-electron chi connectivity index (χ1n) is 7.01. The van der Waals surface area contributed by atoms with Crippen LogP contribution in [0.1, 0.15) is 31.2 Å². The van der Waals surface area contributed by atoms with Gasteiger partial charge in [0.1, 0.15) is 11.6 Å². The van der Waals surface area contributed by atoms with Crippen LogP contribution in [-0.2, 0) is 6.54 Å². The normalized spacial score (nSPS) is 19.9. The third kappa shape index (κ3) is 4.55. The van der Waals surface area contributed by atoms with Crippen molar-refractivity contribution in [3.05, 3.63) is 35.4 Å². The van der Waals surface area contributed by atoms with Gasteiger partial charge in [0.2, 0.25) is 0 Å². The second kappa shape index (κ2) is 6.96. The zero-order chi connectivity index (χ0) is 13.7. The Hall–Kier alpha value is -1.00. The van der Waals surface area contributed by atoms with E-state index in [1.54, 1.807) is 0 Å². The van der Waals surface area contributed by atoms with E-state index in [9.17, 15) is 8.78 Å². The Kier molecular flexibility index (Phi) is 5.28. The maximum atomic E-state index is 13.5. The number of rotatable bonds is 5. The minimum Gasteiger partial charge on any atom is -0.314 e. The summed E-state index contributed by atoms with van der Waals surface area (Å²) in [6.45, 7) is 2.46. The molecule has 0 radical (unpaired) electrons. The van der Waals surface area contributed by atoms with Gasteiger partial charge >= 0.3 is 0 Å². The van der Waals surface area contributed by atoms with Gasteiger partial charge in [0.15, 0.2) is 0 Å². The summed E-state index contributed by atoms with van der Waals surface area (Å²) < 4.78 is 26.6. The standard InChI is InChI=1S/C15H22F2N2/c1-19(9-7-14-4-2-3-8-18-14)11-12-10-13(16)5-6-15(12)17/h5-6,10,14,18H,2-4,7-9,11H2,1H3. The fourth-order valence-electron chi connectivity index (χ4n) is 2.58. The van der Waals surface area contributed by atoms with Crippen molar-refractivity contribution in [1.29, 1.82) is 0 Å². The Bertz CT molecular complexity index is 403. The average Bonchev–Trinajstić information content (AvgIpc) is 2.42. The molecule has 0 amide bonds. The van der Waals surface area contributed by atoms with Gasteiger partial charge in [0, 0.05) is 18.2 Å². The van der Waals surface area contributed by atoms with Crippen molar-refractivity contribution < 1.29 is 8.78 Å². The largest absolute Gasteiger partial charge is 0.314 e. The fourth-order valence-corrected chi connectivity index (χ4v) is 2.58. The van der Waals surface area contributed by atoms with E-state index in [1.165, 1.54) is 31.4 Å². The summed E-state index contributed by atoms with van der Waals surface area (Å²) in [6, 6.07) is 4.21. The zero-order valence-corrected chi connectivity index (χ0v) is 11.5. The lowest BCUT2D eigenvalue weighted by Gasteiger charge is -2.26. The predicted octanol–water partition coefficient (Wildman–Crippen LogP) is 2.93. The first-order valence-corrected chi connectivity index (χ1v) is 7.01. The summed E-state index contributed by atoms with van der Waals surface area (Å²) in [5.74, 6) is -0.706. The SMILES string of the molecule is CN(CCC1CCCCN1)Cc1cc(F)ccc1F. The van der Waals surface area contributed by atoms with Crippen molar-refractivity contribution in [2.75, 3.05) is 20.1 Å². The Morgan fingerprint density at radius 2 is 2.16 bits per heavy atom. The van der Waals surface area contributed by atoms with E-state index in [0.717, 1.165) is 25.6 Å². The van der Waals surface area contributed by atoms with Crippen molar-refractivity contribution in [3.63, 3.8) is 0 Å². The number of hydrogen-bond donors (Lipinski definition) is 1. The van der Waals surface area contributed by atoms with Crippen LogP contribution >= 0.6 is 0 Å². The molecule has 1 saturated heterocycles. The van der Waals surface area contributed by atoms with E-state index in [2.05, 4.69) is 5.32 Å². The van der Waals surface area contributed by atoms with Crippen LogP contribution in [0.2, 0.25) is 0 Å². The van der Waals surface area contributed by atoms with E-state index >= 15 is 0 Å². The van der Waals surface area contributed by atoms with Crippen LogP contribution in [0.5, 0.6) is 0 Å². The Labute approximate surface area is 113 Å². The predicted molar refractivity (Wildman–Crippen MR) is 73.0 cm³/mol. The molecule has 106 valence electrons. The molecule has 1 fully saturated rings. The first-order chi connectivity index (χ1) is 9.15. The highest BCUT2D eigenvalue weighted by Gasteiger charge is 2.13. The third-order valence-electron chi connectivity index (χ3n) is 3.72. The van der Waals surface area contributed by atoms with Gasteiger partial charge in [0.05, 0.1) is 0 Å². The molecule has 2 rings (SSSR count). The molecule has 0 bridgehead atoms. The van der Waals surface area contributed by atoms with Crippen LogP contribution < -0.4 is 5.32 Å². The lowest BCUT2D eigenvalue weighted by molar-refractivity contribution is 0.278. The van der Waals surface area contributed by atoms with Crippen LogP contribution in [0.3, 0.4) is 0 Å². The maximum absolute atomic E-state index is 13.5. The van der Waals surface area contributed by atoms with Gasteiger partial charge in [-0.15, -0.1) is 0 Å². The minimum absolute atomic E-state index is 0.330. The Morgan fingerprint density at radius 3 is 2.89 bits per heavy atom. The van der Waals surface area contributed by atoms with Crippen LogP contribution in [0, 0.1) is 11.6 Å². The van der Waals surface area contributed by atoms with Gasteiger partial charge in [-0.05, 0) is 57.6 Å². The van der Waals surface area contributed by atoms with Gasteiger partial charge in [0.25, 0.3) is 0 Å². The molecule has 1 unspecified atom stereocenters. The molecular formula is C15H22F2N2. The number of piperidine rings is 1. The molecule has 1 heterocycles. The van der Waals surface area contributed by atoms with Crippen molar-refractivity contribution in [1.82, 2.24) is 10.2 Å². The molecule has 0 spiro atoms. The molecule has 1 aliphatic rings. The molecular weight excluding hydrogens is 246 g/mol. The molecule has 1 aliphatic heterocycles. The molecule has 0 aromatic heterocycles. The highest BCUT2D eigenvalue weighted by molar-refractivity contribution is 5.18. The molecule has 4 heteroatoms. The van der Waals surface area contributed by atoms with E-state index < -0.39 is 0 Å². The summed E-state index contributed by atoms with van der Waals surface area (Å²) in [5.41, 5.74) is 0.430. The fraction of sp³-hybridized carbons (Fsp3) is 0.600. The molecule has 2 nitrogen and oxygen atoms in total.